The van der Waals surface area contributed by atoms with E-state index in [0.29, 0.717) is 36.1 Å². The Morgan fingerprint density at radius 2 is 2.03 bits per heavy atom. The first-order chi connectivity index (χ1) is 14.2. The Bertz CT molecular complexity index is 1070. The van der Waals surface area contributed by atoms with E-state index in [1.54, 1.807) is 23.1 Å². The molecule has 1 N–H and O–H groups in total. The van der Waals surface area contributed by atoms with Gasteiger partial charge < -0.3 is 9.84 Å². The second kappa shape index (κ2) is 9.34. The number of hydrogen-bond acceptors (Lipinski definition) is 8. The third kappa shape index (κ3) is 5.11. The quantitative estimate of drug-likeness (QED) is 0.358. The number of benzene rings is 1. The normalized spacial score (nSPS) is 10.9. The van der Waals surface area contributed by atoms with Crippen LogP contribution in [0.25, 0.3) is 22.0 Å². The number of rotatable bonds is 8. The molecule has 3 heterocycles. The molecule has 0 aliphatic rings. The Hall–Kier alpha value is -2.49. The van der Waals surface area contributed by atoms with E-state index < -0.39 is 0 Å². The molecule has 6 nitrogen and oxygen atoms in total. The summed E-state index contributed by atoms with van der Waals surface area (Å²) in [6.45, 7) is 0. The van der Waals surface area contributed by atoms with Gasteiger partial charge in [-0.1, -0.05) is 23.4 Å². The molecule has 3 aromatic heterocycles. The van der Waals surface area contributed by atoms with Gasteiger partial charge >= 0.3 is 0 Å². The minimum atomic E-state index is -0.0679. The Kier molecular flexibility index (Phi) is 6.38. The summed E-state index contributed by atoms with van der Waals surface area (Å²) in [4.78, 5) is 23.3. The van der Waals surface area contributed by atoms with Gasteiger partial charge in [-0.3, -0.25) is 4.79 Å². The van der Waals surface area contributed by atoms with Crippen molar-refractivity contribution in [3.05, 3.63) is 53.0 Å². The van der Waals surface area contributed by atoms with Gasteiger partial charge in [0.2, 0.25) is 17.6 Å². The van der Waals surface area contributed by atoms with Crippen molar-refractivity contribution in [2.75, 3.05) is 11.6 Å². The molecule has 9 heteroatoms. The molecule has 0 aliphatic heterocycles. The number of thiophene rings is 1. The Balaban J connectivity index is 1.26. The number of hydrogen-bond donors (Lipinski definition) is 1. The van der Waals surface area contributed by atoms with Crippen molar-refractivity contribution in [2.24, 2.45) is 0 Å². The van der Waals surface area contributed by atoms with Gasteiger partial charge in [-0.15, -0.1) is 34.4 Å². The largest absolute Gasteiger partial charge is 0.339 e. The molecule has 29 heavy (non-hydrogen) atoms. The van der Waals surface area contributed by atoms with Crippen LogP contribution in [-0.2, 0) is 11.2 Å². The van der Waals surface area contributed by atoms with Crippen LogP contribution in [0.1, 0.15) is 18.7 Å². The molecule has 0 spiro atoms. The van der Waals surface area contributed by atoms with Gasteiger partial charge in [-0.25, -0.2) is 4.98 Å². The first-order valence-electron chi connectivity index (χ1n) is 8.97. The fraction of sp³-hybridized carbons (Fsp3) is 0.200. The summed E-state index contributed by atoms with van der Waals surface area (Å²) in [5.41, 5.74) is 1.91. The molecule has 0 saturated heterocycles. The standard InChI is InChI=1S/C20H18N4O2S3/c1-27-14-9-7-13(8-10-14)15-12-29-20(21-15)22-17(25)5-2-6-18-23-19(24-26-18)16-4-3-11-28-16/h3-4,7-12H,2,5-6H2,1H3,(H,21,22,25). The monoisotopic (exact) mass is 442 g/mol. The van der Waals surface area contributed by atoms with E-state index in [1.165, 1.54) is 16.2 Å². The van der Waals surface area contributed by atoms with Gasteiger partial charge in [0.15, 0.2) is 5.13 Å². The molecule has 0 fully saturated rings. The highest BCUT2D eigenvalue weighted by Crippen LogP contribution is 2.27. The zero-order valence-electron chi connectivity index (χ0n) is 15.6. The van der Waals surface area contributed by atoms with Crippen molar-refractivity contribution >= 4 is 45.5 Å². The number of anilines is 1. The zero-order chi connectivity index (χ0) is 20.1. The van der Waals surface area contributed by atoms with Crippen molar-refractivity contribution in [3.63, 3.8) is 0 Å². The van der Waals surface area contributed by atoms with Crippen LogP contribution >= 0.6 is 34.4 Å². The van der Waals surface area contributed by atoms with Crippen LogP contribution < -0.4 is 5.32 Å². The molecular formula is C20H18N4O2S3. The predicted octanol–water partition coefficient (Wildman–Crippen LogP) is 5.60. The Morgan fingerprint density at radius 1 is 1.17 bits per heavy atom. The molecule has 0 saturated carbocycles. The average Bonchev–Trinajstić information content (AvgIpc) is 3.49. The summed E-state index contributed by atoms with van der Waals surface area (Å²) in [5.74, 6) is 1.08. The van der Waals surface area contributed by atoms with Gasteiger partial charge in [0.05, 0.1) is 10.6 Å². The molecule has 148 valence electrons. The number of aromatic nitrogens is 3. The van der Waals surface area contributed by atoms with E-state index in [2.05, 4.69) is 32.6 Å². The van der Waals surface area contributed by atoms with Gasteiger partial charge in [0.1, 0.15) is 0 Å². The summed E-state index contributed by atoms with van der Waals surface area (Å²) < 4.78 is 5.26. The first-order valence-corrected chi connectivity index (χ1v) is 12.0. The molecule has 0 bridgehead atoms. The van der Waals surface area contributed by atoms with Crippen molar-refractivity contribution in [2.45, 2.75) is 24.2 Å². The molecule has 0 radical (unpaired) electrons. The number of aryl methyl sites for hydroxylation is 1. The maximum absolute atomic E-state index is 12.2. The van der Waals surface area contributed by atoms with Crippen molar-refractivity contribution in [3.8, 4) is 22.0 Å². The number of thioether (sulfide) groups is 1. The van der Waals surface area contributed by atoms with Crippen LogP contribution in [0.15, 0.2) is 56.6 Å². The fourth-order valence-corrected chi connectivity index (χ4v) is 4.46. The van der Waals surface area contributed by atoms with Crippen LogP contribution in [0.5, 0.6) is 0 Å². The van der Waals surface area contributed by atoms with Gasteiger partial charge in [0, 0.05) is 28.7 Å². The topological polar surface area (TPSA) is 80.9 Å². The first kappa shape index (κ1) is 19.8. The number of nitrogens with one attached hydrogen (secondary N) is 1. The second-order valence-corrected chi connectivity index (χ2v) is 8.84. The van der Waals surface area contributed by atoms with Crippen LogP contribution in [0.2, 0.25) is 0 Å². The highest BCUT2D eigenvalue weighted by atomic mass is 32.2. The molecule has 4 rings (SSSR count). The van der Waals surface area contributed by atoms with E-state index in [9.17, 15) is 4.79 Å². The van der Waals surface area contributed by atoms with Crippen LogP contribution in [0.3, 0.4) is 0 Å². The average molecular weight is 443 g/mol. The SMILES string of the molecule is CSc1ccc(-c2csc(NC(=O)CCCc3nc(-c4cccs4)no3)n2)cc1. The smallest absolute Gasteiger partial charge is 0.226 e. The van der Waals surface area contributed by atoms with Crippen molar-refractivity contribution in [1.82, 2.24) is 15.1 Å². The third-order valence-electron chi connectivity index (χ3n) is 4.14. The van der Waals surface area contributed by atoms with Crippen molar-refractivity contribution in [1.29, 1.82) is 0 Å². The van der Waals surface area contributed by atoms with Crippen LogP contribution in [0.4, 0.5) is 5.13 Å². The van der Waals surface area contributed by atoms with Crippen LogP contribution in [-0.4, -0.2) is 27.3 Å². The number of nitrogens with zero attached hydrogens (tertiary/aromatic N) is 3. The minimum Gasteiger partial charge on any atom is -0.339 e. The lowest BCUT2D eigenvalue weighted by atomic mass is 10.2. The molecular weight excluding hydrogens is 424 g/mol. The molecule has 4 aromatic rings. The summed E-state index contributed by atoms with van der Waals surface area (Å²) >= 11 is 4.70. The highest BCUT2D eigenvalue weighted by molar-refractivity contribution is 7.98. The van der Waals surface area contributed by atoms with E-state index in [1.807, 2.05) is 41.3 Å². The summed E-state index contributed by atoms with van der Waals surface area (Å²) in [5, 5.41) is 11.4. The zero-order valence-corrected chi connectivity index (χ0v) is 18.1. The Morgan fingerprint density at radius 3 is 2.79 bits per heavy atom. The van der Waals surface area contributed by atoms with Gasteiger partial charge in [-0.2, -0.15) is 4.98 Å². The highest BCUT2D eigenvalue weighted by Gasteiger charge is 2.11. The number of carbonyl (C=O) groups excluding carboxylic acids is 1. The predicted molar refractivity (Wildman–Crippen MR) is 119 cm³/mol. The Labute approximate surface area is 180 Å². The third-order valence-corrected chi connectivity index (χ3v) is 6.51. The summed E-state index contributed by atoms with van der Waals surface area (Å²) in [6, 6.07) is 12.1. The summed E-state index contributed by atoms with van der Waals surface area (Å²) in [7, 11) is 0. The number of carbonyl (C=O) groups is 1. The molecule has 0 aliphatic carbocycles. The van der Waals surface area contributed by atoms with E-state index in [0.717, 1.165) is 16.1 Å². The maximum atomic E-state index is 12.2. The lowest BCUT2D eigenvalue weighted by Gasteiger charge is -2.01. The minimum absolute atomic E-state index is 0.0679. The number of amides is 1. The fourth-order valence-electron chi connectivity index (χ4n) is 2.67. The van der Waals surface area contributed by atoms with E-state index in [-0.39, 0.29) is 5.91 Å². The lowest BCUT2D eigenvalue weighted by molar-refractivity contribution is -0.116. The maximum Gasteiger partial charge on any atom is 0.226 e. The molecule has 0 unspecified atom stereocenters. The van der Waals surface area contributed by atoms with Crippen molar-refractivity contribution < 1.29 is 9.32 Å². The molecule has 1 amide bonds. The van der Waals surface area contributed by atoms with Gasteiger partial charge in [0.25, 0.3) is 0 Å². The van der Waals surface area contributed by atoms with Gasteiger partial charge in [-0.05, 0) is 36.3 Å². The van der Waals surface area contributed by atoms with Crippen LogP contribution in [0, 0.1) is 0 Å². The van der Waals surface area contributed by atoms with E-state index in [4.69, 9.17) is 4.52 Å². The lowest BCUT2D eigenvalue weighted by Crippen LogP contribution is -2.11. The summed E-state index contributed by atoms with van der Waals surface area (Å²) in [6.07, 6.45) is 3.61. The molecule has 0 atom stereocenters. The second-order valence-electron chi connectivity index (χ2n) is 6.16. The molecule has 1 aromatic carbocycles. The van der Waals surface area contributed by atoms with E-state index >= 15 is 0 Å². The number of thiazole rings is 1.